The van der Waals surface area contributed by atoms with E-state index in [2.05, 4.69) is 60.8 Å². The number of carbonyl (C=O) groups is 1. The number of quaternary nitrogens is 1. The average Bonchev–Trinajstić information content (AvgIpc) is 3.29. The van der Waals surface area contributed by atoms with Gasteiger partial charge in [0.05, 0.1) is 0 Å². The summed E-state index contributed by atoms with van der Waals surface area (Å²) in [6.45, 7) is 5.05. The van der Waals surface area contributed by atoms with Crippen molar-refractivity contribution < 1.29 is 14.1 Å². The molecule has 1 amide bonds. The molecule has 0 fully saturated rings. The van der Waals surface area contributed by atoms with Crippen molar-refractivity contribution in [3.05, 3.63) is 131 Å². The molecule has 162 valence electrons. The van der Waals surface area contributed by atoms with Gasteiger partial charge in [-0.1, -0.05) is 90.5 Å². The van der Waals surface area contributed by atoms with Crippen LogP contribution in [0.4, 0.5) is 0 Å². The topological polar surface area (TPSA) is 46.7 Å². The van der Waals surface area contributed by atoms with Crippen molar-refractivity contribution in [3.8, 4) is 0 Å². The molecule has 0 aliphatic heterocycles. The zero-order valence-corrected chi connectivity index (χ0v) is 18.4. The lowest BCUT2D eigenvalue weighted by molar-refractivity contribution is -0.942. The highest BCUT2D eigenvalue weighted by Crippen LogP contribution is 2.09. The highest BCUT2D eigenvalue weighted by molar-refractivity contribution is 5.91. The Labute approximate surface area is 189 Å². The van der Waals surface area contributed by atoms with Crippen LogP contribution in [0.25, 0.3) is 0 Å². The lowest BCUT2D eigenvalue weighted by atomic mass is 10.1. The molecule has 1 unspecified atom stereocenters. The van der Waals surface area contributed by atoms with Crippen molar-refractivity contribution >= 4 is 5.91 Å². The van der Waals surface area contributed by atoms with Crippen molar-refractivity contribution in [2.45, 2.75) is 33.1 Å². The van der Waals surface area contributed by atoms with E-state index in [4.69, 9.17) is 4.42 Å². The Morgan fingerprint density at radius 3 is 1.97 bits per heavy atom. The van der Waals surface area contributed by atoms with E-state index in [1.54, 1.807) is 6.07 Å². The van der Waals surface area contributed by atoms with Crippen LogP contribution in [0.15, 0.2) is 101 Å². The lowest BCUT2D eigenvalue weighted by Gasteiger charge is -2.19. The third-order valence-corrected chi connectivity index (χ3v) is 5.48. The van der Waals surface area contributed by atoms with Gasteiger partial charge >= 0.3 is 0 Å². The van der Waals surface area contributed by atoms with Gasteiger partial charge in [-0.3, -0.25) is 4.79 Å². The lowest BCUT2D eigenvalue weighted by Crippen LogP contribution is -3.08. The summed E-state index contributed by atoms with van der Waals surface area (Å²) in [5, 5.41) is 2.93. The van der Waals surface area contributed by atoms with Gasteiger partial charge in [0, 0.05) is 17.7 Å². The van der Waals surface area contributed by atoms with Gasteiger partial charge in [-0.05, 0) is 24.6 Å². The van der Waals surface area contributed by atoms with Gasteiger partial charge in [-0.2, -0.15) is 0 Å². The number of aryl methyl sites for hydroxylation is 1. The van der Waals surface area contributed by atoms with Crippen LogP contribution in [0.3, 0.4) is 0 Å². The SMILES string of the molecule is Cc1ccc(C[NH+](Cc2ccccc2)Cc2ccc(C(=O)NCc3ccccc3)o2)cc1. The first kappa shape index (κ1) is 21.6. The summed E-state index contributed by atoms with van der Waals surface area (Å²) in [6, 6.07) is 32.7. The van der Waals surface area contributed by atoms with Crippen LogP contribution in [-0.2, 0) is 26.2 Å². The Morgan fingerprint density at radius 1 is 0.719 bits per heavy atom. The number of nitrogens with one attached hydrogen (secondary N) is 2. The van der Waals surface area contributed by atoms with E-state index in [0.717, 1.165) is 24.4 Å². The molecule has 4 heteroatoms. The van der Waals surface area contributed by atoms with Crippen LogP contribution in [-0.4, -0.2) is 5.91 Å². The molecular weight excluding hydrogens is 396 g/mol. The zero-order chi connectivity index (χ0) is 22.2. The first-order valence-corrected chi connectivity index (χ1v) is 11.0. The van der Waals surface area contributed by atoms with E-state index in [9.17, 15) is 4.79 Å². The smallest absolute Gasteiger partial charge is 0.287 e. The number of furan rings is 1. The molecule has 0 spiro atoms. The molecular formula is C28H29N2O2+. The molecule has 4 nitrogen and oxygen atoms in total. The van der Waals surface area contributed by atoms with Gasteiger partial charge in [-0.25, -0.2) is 0 Å². The van der Waals surface area contributed by atoms with Crippen LogP contribution >= 0.6 is 0 Å². The Balaban J connectivity index is 1.42. The van der Waals surface area contributed by atoms with Gasteiger partial charge in [-0.15, -0.1) is 0 Å². The van der Waals surface area contributed by atoms with Gasteiger partial charge in [0.15, 0.2) is 11.5 Å². The molecule has 0 saturated carbocycles. The van der Waals surface area contributed by atoms with E-state index in [1.165, 1.54) is 21.6 Å². The van der Waals surface area contributed by atoms with Crippen LogP contribution in [0.2, 0.25) is 0 Å². The van der Waals surface area contributed by atoms with Crippen molar-refractivity contribution in [1.82, 2.24) is 5.32 Å². The molecule has 1 heterocycles. The molecule has 0 aliphatic carbocycles. The minimum absolute atomic E-state index is 0.191. The second-order valence-electron chi connectivity index (χ2n) is 8.19. The fourth-order valence-corrected chi connectivity index (χ4v) is 3.77. The molecule has 0 bridgehead atoms. The zero-order valence-electron chi connectivity index (χ0n) is 18.4. The minimum Gasteiger partial charge on any atom is -0.450 e. The Morgan fingerprint density at radius 2 is 1.31 bits per heavy atom. The summed E-state index contributed by atoms with van der Waals surface area (Å²) in [4.78, 5) is 13.9. The monoisotopic (exact) mass is 425 g/mol. The van der Waals surface area contributed by atoms with Gasteiger partial charge in [0.2, 0.25) is 0 Å². The Kier molecular flexibility index (Phi) is 7.15. The van der Waals surface area contributed by atoms with E-state index < -0.39 is 0 Å². The van der Waals surface area contributed by atoms with Gasteiger partial charge < -0.3 is 14.6 Å². The van der Waals surface area contributed by atoms with Gasteiger partial charge in [0.25, 0.3) is 5.91 Å². The fraction of sp³-hybridized carbons (Fsp3) is 0.179. The van der Waals surface area contributed by atoms with E-state index in [-0.39, 0.29) is 5.91 Å². The predicted octanol–water partition coefficient (Wildman–Crippen LogP) is 4.30. The number of hydrogen-bond acceptors (Lipinski definition) is 2. The maximum Gasteiger partial charge on any atom is 0.287 e. The Bertz CT molecular complexity index is 1120. The predicted molar refractivity (Wildman–Crippen MR) is 126 cm³/mol. The fourth-order valence-electron chi connectivity index (χ4n) is 3.77. The molecule has 1 aromatic heterocycles. The molecule has 3 aromatic carbocycles. The number of hydrogen-bond donors (Lipinski definition) is 2. The number of carbonyl (C=O) groups excluding carboxylic acids is 1. The summed E-state index contributed by atoms with van der Waals surface area (Å²) in [6.07, 6.45) is 0. The van der Waals surface area contributed by atoms with Crippen molar-refractivity contribution in [2.24, 2.45) is 0 Å². The number of amides is 1. The average molecular weight is 426 g/mol. The standard InChI is InChI=1S/C28H28N2O2/c1-22-12-14-25(15-13-22)20-30(19-24-10-6-3-7-11-24)21-26-16-17-27(32-26)28(31)29-18-23-8-4-2-5-9-23/h2-17H,18-21H2,1H3,(H,29,31)/p+1. The van der Waals surface area contributed by atoms with E-state index in [1.807, 2.05) is 42.5 Å². The second-order valence-corrected chi connectivity index (χ2v) is 8.19. The highest BCUT2D eigenvalue weighted by atomic mass is 16.4. The van der Waals surface area contributed by atoms with Crippen LogP contribution < -0.4 is 10.2 Å². The summed E-state index contributed by atoms with van der Waals surface area (Å²) in [5.41, 5.74) is 4.88. The molecule has 1 atom stereocenters. The molecule has 4 rings (SSSR count). The molecule has 4 aromatic rings. The molecule has 0 aliphatic rings. The van der Waals surface area contributed by atoms with Crippen molar-refractivity contribution in [1.29, 1.82) is 0 Å². The molecule has 32 heavy (non-hydrogen) atoms. The first-order valence-electron chi connectivity index (χ1n) is 11.0. The summed E-state index contributed by atoms with van der Waals surface area (Å²) in [5.74, 6) is 0.974. The molecule has 0 radical (unpaired) electrons. The number of rotatable bonds is 9. The van der Waals surface area contributed by atoms with Crippen LogP contribution in [0.1, 0.15) is 38.6 Å². The van der Waals surface area contributed by atoms with Crippen LogP contribution in [0.5, 0.6) is 0 Å². The largest absolute Gasteiger partial charge is 0.450 e. The van der Waals surface area contributed by atoms with Crippen LogP contribution in [0, 0.1) is 6.92 Å². The second kappa shape index (κ2) is 10.6. The first-order chi connectivity index (χ1) is 15.7. The maximum atomic E-state index is 12.5. The third kappa shape index (κ3) is 6.19. The minimum atomic E-state index is -0.191. The third-order valence-electron chi connectivity index (χ3n) is 5.48. The summed E-state index contributed by atoms with van der Waals surface area (Å²) < 4.78 is 5.93. The van der Waals surface area contributed by atoms with E-state index in [0.29, 0.717) is 18.8 Å². The Hall–Kier alpha value is -3.63. The molecule has 2 N–H and O–H groups in total. The quantitative estimate of drug-likeness (QED) is 0.420. The van der Waals surface area contributed by atoms with Gasteiger partial charge in [0.1, 0.15) is 19.6 Å². The van der Waals surface area contributed by atoms with E-state index >= 15 is 0 Å². The summed E-state index contributed by atoms with van der Waals surface area (Å²) >= 11 is 0. The van der Waals surface area contributed by atoms with Crippen molar-refractivity contribution in [2.75, 3.05) is 0 Å². The highest BCUT2D eigenvalue weighted by Gasteiger charge is 2.17. The maximum absolute atomic E-state index is 12.5. The number of benzene rings is 3. The summed E-state index contributed by atoms with van der Waals surface area (Å²) in [7, 11) is 0. The van der Waals surface area contributed by atoms with Crippen molar-refractivity contribution in [3.63, 3.8) is 0 Å². The molecule has 0 saturated heterocycles. The normalized spacial score (nSPS) is 11.8.